The number of nitrogens with one attached hydrogen (secondary N) is 2. The molecular weight excluding hydrogens is 401 g/mol. The van der Waals surface area contributed by atoms with Crippen molar-refractivity contribution in [2.75, 3.05) is 18.4 Å². The molecule has 5 nitrogen and oxygen atoms in total. The molecule has 1 saturated heterocycles. The highest BCUT2D eigenvalue weighted by Crippen LogP contribution is 2.19. The van der Waals surface area contributed by atoms with Gasteiger partial charge in [-0.1, -0.05) is 18.2 Å². The Morgan fingerprint density at radius 3 is 2.46 bits per heavy atom. The van der Waals surface area contributed by atoms with Crippen molar-refractivity contribution in [1.82, 2.24) is 10.2 Å². The summed E-state index contributed by atoms with van der Waals surface area (Å²) in [6, 6.07) is 13.1. The lowest BCUT2D eigenvalue weighted by Crippen LogP contribution is -2.47. The zero-order chi connectivity index (χ0) is 18.5. The van der Waals surface area contributed by atoms with Crippen molar-refractivity contribution in [3.8, 4) is 0 Å². The molecule has 1 aliphatic heterocycles. The van der Waals surface area contributed by atoms with Crippen LogP contribution < -0.4 is 10.6 Å². The molecule has 2 aromatic carbocycles. The van der Waals surface area contributed by atoms with Crippen molar-refractivity contribution >= 4 is 33.6 Å². The molecule has 1 aliphatic rings. The molecule has 3 rings (SSSR count). The van der Waals surface area contributed by atoms with Crippen LogP contribution in [0.2, 0.25) is 0 Å². The number of piperidine rings is 1. The van der Waals surface area contributed by atoms with E-state index in [-0.39, 0.29) is 23.5 Å². The molecule has 0 unspecified atom stereocenters. The van der Waals surface area contributed by atoms with E-state index < -0.39 is 5.82 Å². The van der Waals surface area contributed by atoms with Crippen molar-refractivity contribution in [3.63, 3.8) is 0 Å². The van der Waals surface area contributed by atoms with E-state index in [9.17, 15) is 14.0 Å². The summed E-state index contributed by atoms with van der Waals surface area (Å²) in [5.41, 5.74) is 1.03. The van der Waals surface area contributed by atoms with E-state index >= 15 is 0 Å². The number of rotatable bonds is 3. The molecule has 26 heavy (non-hydrogen) atoms. The van der Waals surface area contributed by atoms with Crippen molar-refractivity contribution < 1.29 is 14.0 Å². The van der Waals surface area contributed by atoms with E-state index in [2.05, 4.69) is 26.6 Å². The maximum Gasteiger partial charge on any atom is 0.321 e. The number of hydrogen-bond donors (Lipinski definition) is 2. The van der Waals surface area contributed by atoms with Gasteiger partial charge in [0, 0.05) is 29.3 Å². The Balaban J connectivity index is 1.51. The van der Waals surface area contributed by atoms with Gasteiger partial charge in [-0.05, 0) is 59.1 Å². The third kappa shape index (κ3) is 4.60. The lowest BCUT2D eigenvalue weighted by atomic mass is 10.0. The molecule has 1 heterocycles. The van der Waals surface area contributed by atoms with E-state index in [4.69, 9.17) is 0 Å². The maximum absolute atomic E-state index is 13.4. The number of para-hydroxylation sites is 1. The Morgan fingerprint density at radius 2 is 1.77 bits per heavy atom. The largest absolute Gasteiger partial charge is 0.349 e. The number of benzene rings is 2. The van der Waals surface area contributed by atoms with E-state index in [0.29, 0.717) is 30.4 Å². The summed E-state index contributed by atoms with van der Waals surface area (Å²) in [7, 11) is 0. The monoisotopic (exact) mass is 419 g/mol. The quantitative estimate of drug-likeness (QED) is 0.788. The number of carbonyl (C=O) groups excluding carboxylic acids is 2. The normalized spacial score (nSPS) is 14.8. The zero-order valence-electron chi connectivity index (χ0n) is 14.0. The number of amides is 3. The summed E-state index contributed by atoms with van der Waals surface area (Å²) in [4.78, 5) is 26.4. The van der Waals surface area contributed by atoms with E-state index in [1.807, 2.05) is 30.3 Å². The standard InChI is InChI=1S/C19H19BrFN3O2/c20-17-7-6-13(21)12-16(17)18(25)22-15-8-10-24(11-9-15)19(26)23-14-4-2-1-3-5-14/h1-7,12,15H,8-11H2,(H,22,25)(H,23,26). The Hall–Kier alpha value is -2.41. The van der Waals surface area contributed by atoms with Crippen molar-refractivity contribution in [1.29, 1.82) is 0 Å². The van der Waals surface area contributed by atoms with Gasteiger partial charge in [-0.25, -0.2) is 9.18 Å². The highest BCUT2D eigenvalue weighted by atomic mass is 79.9. The topological polar surface area (TPSA) is 61.4 Å². The fourth-order valence-corrected chi connectivity index (χ4v) is 3.31. The van der Waals surface area contributed by atoms with Gasteiger partial charge in [-0.15, -0.1) is 0 Å². The third-order valence-corrected chi connectivity index (χ3v) is 5.01. The molecular formula is C19H19BrFN3O2. The average Bonchev–Trinajstić information content (AvgIpc) is 2.65. The second kappa shape index (κ2) is 8.31. The predicted octanol–water partition coefficient (Wildman–Crippen LogP) is 4.01. The lowest BCUT2D eigenvalue weighted by Gasteiger charge is -2.32. The van der Waals surface area contributed by atoms with E-state index in [1.54, 1.807) is 4.90 Å². The Bertz CT molecular complexity index is 793. The Labute approximate surface area is 159 Å². The molecule has 0 saturated carbocycles. The summed E-state index contributed by atoms with van der Waals surface area (Å²) in [6.07, 6.45) is 1.31. The second-order valence-corrected chi connectivity index (χ2v) is 7.01. The van der Waals surface area contributed by atoms with E-state index in [0.717, 1.165) is 5.69 Å². The summed E-state index contributed by atoms with van der Waals surface area (Å²) >= 11 is 3.27. The third-order valence-electron chi connectivity index (χ3n) is 4.32. The molecule has 136 valence electrons. The predicted molar refractivity (Wildman–Crippen MR) is 102 cm³/mol. The van der Waals surface area contributed by atoms with Crippen LogP contribution in [0.15, 0.2) is 53.0 Å². The molecule has 1 fully saturated rings. The number of halogens is 2. The molecule has 0 bridgehead atoms. The minimum Gasteiger partial charge on any atom is -0.349 e. The smallest absolute Gasteiger partial charge is 0.321 e. The average molecular weight is 420 g/mol. The van der Waals surface area contributed by atoms with Crippen LogP contribution in [-0.2, 0) is 0 Å². The molecule has 0 aromatic heterocycles. The van der Waals surface area contributed by atoms with Gasteiger partial charge in [-0.2, -0.15) is 0 Å². The van der Waals surface area contributed by atoms with Crippen LogP contribution in [0.1, 0.15) is 23.2 Å². The molecule has 0 spiro atoms. The molecule has 2 aromatic rings. The fourth-order valence-electron chi connectivity index (χ4n) is 2.89. The number of hydrogen-bond acceptors (Lipinski definition) is 2. The summed E-state index contributed by atoms with van der Waals surface area (Å²) < 4.78 is 13.9. The summed E-state index contributed by atoms with van der Waals surface area (Å²) in [5, 5.41) is 5.78. The second-order valence-electron chi connectivity index (χ2n) is 6.16. The van der Waals surface area contributed by atoms with Crippen LogP contribution in [0.3, 0.4) is 0 Å². The zero-order valence-corrected chi connectivity index (χ0v) is 15.6. The van der Waals surface area contributed by atoms with Crippen molar-refractivity contribution in [2.24, 2.45) is 0 Å². The van der Waals surface area contributed by atoms with Gasteiger partial charge in [-0.3, -0.25) is 4.79 Å². The van der Waals surface area contributed by atoms with Gasteiger partial charge in [0.15, 0.2) is 0 Å². The molecule has 2 N–H and O–H groups in total. The number of nitrogens with zero attached hydrogens (tertiary/aromatic N) is 1. The highest BCUT2D eigenvalue weighted by molar-refractivity contribution is 9.10. The van der Waals surface area contributed by atoms with Crippen LogP contribution in [-0.4, -0.2) is 36.0 Å². The first-order chi connectivity index (χ1) is 12.5. The van der Waals surface area contributed by atoms with Crippen molar-refractivity contribution in [3.05, 3.63) is 64.4 Å². The minimum atomic E-state index is -0.453. The molecule has 3 amide bonds. The van der Waals surface area contributed by atoms with Gasteiger partial charge in [0.05, 0.1) is 5.56 Å². The SMILES string of the molecule is O=C(NC1CCN(C(=O)Nc2ccccc2)CC1)c1cc(F)ccc1Br. The minimum absolute atomic E-state index is 0.0431. The molecule has 7 heteroatoms. The first kappa shape index (κ1) is 18.4. The Kier molecular flexibility index (Phi) is 5.88. The molecule has 0 aliphatic carbocycles. The molecule has 0 atom stereocenters. The number of urea groups is 1. The lowest BCUT2D eigenvalue weighted by molar-refractivity contribution is 0.0918. The first-order valence-corrected chi connectivity index (χ1v) is 9.19. The summed E-state index contributed by atoms with van der Waals surface area (Å²) in [5.74, 6) is -0.769. The summed E-state index contributed by atoms with van der Waals surface area (Å²) in [6.45, 7) is 1.10. The van der Waals surface area contributed by atoms with Gasteiger partial charge in [0.2, 0.25) is 0 Å². The number of carbonyl (C=O) groups is 2. The van der Waals surface area contributed by atoms with Crippen LogP contribution in [0.4, 0.5) is 14.9 Å². The fraction of sp³-hybridized carbons (Fsp3) is 0.263. The number of anilines is 1. The van der Waals surface area contributed by atoms with Crippen LogP contribution in [0, 0.1) is 5.82 Å². The van der Waals surface area contributed by atoms with Gasteiger partial charge < -0.3 is 15.5 Å². The van der Waals surface area contributed by atoms with Gasteiger partial charge in [0.25, 0.3) is 5.91 Å². The van der Waals surface area contributed by atoms with Gasteiger partial charge in [0.1, 0.15) is 5.82 Å². The first-order valence-electron chi connectivity index (χ1n) is 8.40. The number of likely N-dealkylation sites (tertiary alicyclic amines) is 1. The van der Waals surface area contributed by atoms with Crippen molar-refractivity contribution in [2.45, 2.75) is 18.9 Å². The highest BCUT2D eigenvalue weighted by Gasteiger charge is 2.24. The maximum atomic E-state index is 13.4. The van der Waals surface area contributed by atoms with Gasteiger partial charge >= 0.3 is 6.03 Å². The Morgan fingerprint density at radius 1 is 1.08 bits per heavy atom. The molecule has 0 radical (unpaired) electrons. The van der Waals surface area contributed by atoms with Crippen LogP contribution >= 0.6 is 15.9 Å². The van der Waals surface area contributed by atoms with Crippen LogP contribution in [0.25, 0.3) is 0 Å². The van der Waals surface area contributed by atoms with Crippen LogP contribution in [0.5, 0.6) is 0 Å². The van der Waals surface area contributed by atoms with E-state index in [1.165, 1.54) is 18.2 Å².